The maximum absolute atomic E-state index is 13.5. The van der Waals surface area contributed by atoms with Crippen LogP contribution in [-0.2, 0) is 0 Å². The van der Waals surface area contributed by atoms with Gasteiger partial charge in [-0.3, -0.25) is 4.40 Å². The van der Waals surface area contributed by atoms with Crippen LogP contribution in [0.3, 0.4) is 0 Å². The van der Waals surface area contributed by atoms with Crippen molar-refractivity contribution in [1.82, 2.24) is 9.38 Å². The normalized spacial score (nSPS) is 11.1. The minimum absolute atomic E-state index is 0.301. The fourth-order valence-electron chi connectivity index (χ4n) is 3.15. The molecule has 6 heteroatoms. The van der Waals surface area contributed by atoms with E-state index < -0.39 is 0 Å². The molecule has 3 nitrogen and oxygen atoms in total. The molecule has 2 heterocycles. The van der Waals surface area contributed by atoms with Crippen molar-refractivity contribution in [2.24, 2.45) is 0 Å². The monoisotopic (exact) mass is 399 g/mol. The van der Waals surface area contributed by atoms with E-state index in [0.717, 1.165) is 28.4 Å². The van der Waals surface area contributed by atoms with Gasteiger partial charge in [0, 0.05) is 11.3 Å². The summed E-state index contributed by atoms with van der Waals surface area (Å²) in [5.74, 6) is 0.341. The van der Waals surface area contributed by atoms with Crippen LogP contribution in [0.15, 0.2) is 54.6 Å². The van der Waals surface area contributed by atoms with E-state index in [0.29, 0.717) is 21.3 Å². The number of hydrogen-bond donors (Lipinski definition) is 1. The van der Waals surface area contributed by atoms with Crippen LogP contribution in [0.5, 0.6) is 0 Å². The molecular formula is C21H16Cl2FN3. The number of aromatic nitrogens is 2. The number of halogens is 3. The van der Waals surface area contributed by atoms with Gasteiger partial charge in [-0.05, 0) is 55.8 Å². The number of rotatable bonds is 3. The predicted molar refractivity (Wildman–Crippen MR) is 110 cm³/mol. The molecule has 0 amide bonds. The molecule has 0 aliphatic carbocycles. The number of para-hydroxylation sites is 1. The molecule has 0 aliphatic rings. The molecule has 0 unspecified atom stereocenters. The Labute approximate surface area is 166 Å². The summed E-state index contributed by atoms with van der Waals surface area (Å²) in [6.45, 7) is 3.98. The van der Waals surface area contributed by atoms with Gasteiger partial charge in [0.25, 0.3) is 0 Å². The zero-order valence-electron chi connectivity index (χ0n) is 14.7. The highest BCUT2D eigenvalue weighted by Gasteiger charge is 2.19. The van der Waals surface area contributed by atoms with E-state index in [2.05, 4.69) is 5.32 Å². The lowest BCUT2D eigenvalue weighted by molar-refractivity contribution is 0.628. The van der Waals surface area contributed by atoms with E-state index in [1.165, 1.54) is 12.1 Å². The third-order valence-corrected chi connectivity index (χ3v) is 5.12. The predicted octanol–water partition coefficient (Wildman–Crippen LogP) is 6.81. The van der Waals surface area contributed by atoms with Gasteiger partial charge in [0.1, 0.15) is 23.0 Å². The van der Waals surface area contributed by atoms with Crippen molar-refractivity contribution in [3.63, 3.8) is 0 Å². The summed E-state index contributed by atoms with van der Waals surface area (Å²) in [7, 11) is 0. The van der Waals surface area contributed by atoms with Gasteiger partial charge in [0.15, 0.2) is 0 Å². The Morgan fingerprint density at radius 2 is 1.74 bits per heavy atom. The molecule has 0 saturated carbocycles. The number of benzene rings is 2. The van der Waals surface area contributed by atoms with Crippen LogP contribution in [0.2, 0.25) is 10.0 Å². The summed E-state index contributed by atoms with van der Waals surface area (Å²) in [6, 6.07) is 15.9. The molecule has 27 heavy (non-hydrogen) atoms. The van der Waals surface area contributed by atoms with Crippen LogP contribution in [-0.4, -0.2) is 9.38 Å². The number of anilines is 2. The summed E-state index contributed by atoms with van der Waals surface area (Å²) in [6.07, 6.45) is 0. The van der Waals surface area contributed by atoms with E-state index in [1.807, 2.05) is 54.6 Å². The van der Waals surface area contributed by atoms with Crippen LogP contribution in [0.1, 0.15) is 11.3 Å². The van der Waals surface area contributed by atoms with Gasteiger partial charge in [0.05, 0.1) is 15.7 Å². The molecule has 4 rings (SSSR count). The Hall–Kier alpha value is -2.56. The minimum Gasteiger partial charge on any atom is -0.338 e. The standard InChI is InChI=1S/C21H16Cl2FN3/c1-12-5-3-7-16(22)19(12)26-21-20(15-10-9-14(24)11-17(15)23)25-18-8-4-6-13(2)27(18)21/h3-11,26H,1-2H3. The van der Waals surface area contributed by atoms with E-state index in [-0.39, 0.29) is 5.82 Å². The second kappa shape index (κ2) is 6.87. The molecule has 2 aromatic carbocycles. The summed E-state index contributed by atoms with van der Waals surface area (Å²) < 4.78 is 15.5. The van der Waals surface area contributed by atoms with Crippen molar-refractivity contribution in [3.05, 3.63) is 81.7 Å². The number of imidazole rings is 1. The lowest BCUT2D eigenvalue weighted by atomic mass is 10.1. The lowest BCUT2D eigenvalue weighted by Gasteiger charge is -2.14. The highest BCUT2D eigenvalue weighted by atomic mass is 35.5. The quantitative estimate of drug-likeness (QED) is 0.409. The number of fused-ring (bicyclic) bond motifs is 1. The molecule has 0 radical (unpaired) electrons. The van der Waals surface area contributed by atoms with Gasteiger partial charge < -0.3 is 5.32 Å². The van der Waals surface area contributed by atoms with Crippen molar-refractivity contribution < 1.29 is 4.39 Å². The van der Waals surface area contributed by atoms with E-state index in [9.17, 15) is 4.39 Å². The summed E-state index contributed by atoms with van der Waals surface area (Å²) >= 11 is 12.7. The molecule has 0 atom stereocenters. The van der Waals surface area contributed by atoms with Crippen LogP contribution >= 0.6 is 23.2 Å². The largest absolute Gasteiger partial charge is 0.338 e. The first-order valence-electron chi connectivity index (χ1n) is 8.41. The molecular weight excluding hydrogens is 384 g/mol. The average molecular weight is 400 g/mol. The molecule has 0 spiro atoms. The first-order chi connectivity index (χ1) is 13.0. The topological polar surface area (TPSA) is 29.3 Å². The Morgan fingerprint density at radius 3 is 2.48 bits per heavy atom. The Morgan fingerprint density at radius 1 is 0.963 bits per heavy atom. The number of hydrogen-bond acceptors (Lipinski definition) is 2. The molecule has 0 aliphatic heterocycles. The first-order valence-corrected chi connectivity index (χ1v) is 9.17. The van der Waals surface area contributed by atoms with Gasteiger partial charge in [-0.1, -0.05) is 41.4 Å². The van der Waals surface area contributed by atoms with Crippen LogP contribution < -0.4 is 5.32 Å². The molecule has 0 bridgehead atoms. The smallest absolute Gasteiger partial charge is 0.143 e. The van der Waals surface area contributed by atoms with Gasteiger partial charge in [0.2, 0.25) is 0 Å². The molecule has 0 fully saturated rings. The zero-order valence-corrected chi connectivity index (χ0v) is 16.2. The van der Waals surface area contributed by atoms with E-state index >= 15 is 0 Å². The van der Waals surface area contributed by atoms with Gasteiger partial charge in [-0.15, -0.1) is 0 Å². The number of pyridine rings is 1. The van der Waals surface area contributed by atoms with Crippen molar-refractivity contribution in [3.8, 4) is 11.3 Å². The van der Waals surface area contributed by atoms with E-state index in [4.69, 9.17) is 28.2 Å². The molecule has 2 aromatic heterocycles. The Kier molecular flexibility index (Phi) is 4.54. The third-order valence-electron chi connectivity index (χ3n) is 4.49. The maximum Gasteiger partial charge on any atom is 0.143 e. The summed E-state index contributed by atoms with van der Waals surface area (Å²) in [4.78, 5) is 4.74. The SMILES string of the molecule is Cc1cccc(Cl)c1Nc1c(-c2ccc(F)cc2Cl)nc2cccc(C)n12. The van der Waals surface area contributed by atoms with E-state index in [1.54, 1.807) is 6.07 Å². The van der Waals surface area contributed by atoms with Crippen molar-refractivity contribution in [1.29, 1.82) is 0 Å². The van der Waals surface area contributed by atoms with Crippen LogP contribution in [0, 0.1) is 19.7 Å². The Balaban J connectivity index is 2.00. The summed E-state index contributed by atoms with van der Waals surface area (Å²) in [5.41, 5.74) is 4.84. The molecule has 4 aromatic rings. The Bertz CT molecular complexity index is 1150. The third kappa shape index (κ3) is 3.15. The maximum atomic E-state index is 13.5. The fraction of sp³-hybridized carbons (Fsp3) is 0.0952. The number of aryl methyl sites for hydroxylation is 2. The zero-order chi connectivity index (χ0) is 19.1. The van der Waals surface area contributed by atoms with Crippen molar-refractivity contribution in [2.45, 2.75) is 13.8 Å². The van der Waals surface area contributed by atoms with Gasteiger partial charge in [-0.25, -0.2) is 9.37 Å². The number of nitrogens with one attached hydrogen (secondary N) is 1. The lowest BCUT2D eigenvalue weighted by Crippen LogP contribution is -2.01. The van der Waals surface area contributed by atoms with Gasteiger partial charge in [-0.2, -0.15) is 0 Å². The second-order valence-electron chi connectivity index (χ2n) is 6.35. The second-order valence-corrected chi connectivity index (χ2v) is 7.17. The van der Waals surface area contributed by atoms with Crippen LogP contribution in [0.4, 0.5) is 15.9 Å². The van der Waals surface area contributed by atoms with Crippen molar-refractivity contribution in [2.75, 3.05) is 5.32 Å². The van der Waals surface area contributed by atoms with Gasteiger partial charge >= 0.3 is 0 Å². The molecule has 0 saturated heterocycles. The average Bonchev–Trinajstić information content (AvgIpc) is 2.98. The first kappa shape index (κ1) is 17.8. The highest BCUT2D eigenvalue weighted by molar-refractivity contribution is 6.34. The molecule has 136 valence electrons. The molecule has 1 N–H and O–H groups in total. The number of nitrogens with zero attached hydrogens (tertiary/aromatic N) is 2. The minimum atomic E-state index is -0.389. The summed E-state index contributed by atoms with van der Waals surface area (Å²) in [5, 5.41) is 4.34. The van der Waals surface area contributed by atoms with Crippen molar-refractivity contribution >= 4 is 40.4 Å². The highest BCUT2D eigenvalue weighted by Crippen LogP contribution is 2.38. The van der Waals surface area contributed by atoms with Crippen LogP contribution in [0.25, 0.3) is 16.9 Å². The fourth-order valence-corrected chi connectivity index (χ4v) is 3.67.